The number of nitrogen functional groups attached to an aromatic ring is 1. The molecule has 1 rings (SSSR count). The van der Waals surface area contributed by atoms with E-state index in [0.29, 0.717) is 22.9 Å². The smallest absolute Gasteiger partial charge is 0.263 e. The number of thiophene rings is 1. The maximum absolute atomic E-state index is 11.9. The summed E-state index contributed by atoms with van der Waals surface area (Å²) in [7, 11) is 3.57. The predicted molar refractivity (Wildman–Crippen MR) is 81.5 cm³/mol. The second-order valence-corrected chi connectivity index (χ2v) is 5.32. The van der Waals surface area contributed by atoms with E-state index in [1.807, 2.05) is 14.0 Å². The molecule has 108 valence electrons. The summed E-state index contributed by atoms with van der Waals surface area (Å²) in [5.74, 6) is 0.461. The molecule has 3 N–H and O–H groups in total. The van der Waals surface area contributed by atoms with Crippen molar-refractivity contribution in [1.29, 1.82) is 0 Å². The van der Waals surface area contributed by atoms with Crippen molar-refractivity contribution in [2.75, 3.05) is 37.9 Å². The third-order valence-electron chi connectivity index (χ3n) is 2.82. The minimum atomic E-state index is -0.140. The highest BCUT2D eigenvalue weighted by molar-refractivity contribution is 7.19. The Morgan fingerprint density at radius 1 is 1.47 bits per heavy atom. The molecule has 0 aromatic carbocycles. The second kappa shape index (κ2) is 7.23. The number of carbonyl (C=O) groups excluding carboxylic acids is 1. The number of anilines is 2. The standard InChI is InChI=1S/C13H23N3O2S/c1-5-7-8-16(3)13-10(18-4)9(14)11(19-13)12(17)15-6-2/h5-8,14H2,1-4H3,(H,15,17). The first-order valence-corrected chi connectivity index (χ1v) is 7.33. The van der Waals surface area contributed by atoms with Gasteiger partial charge in [-0.2, -0.15) is 0 Å². The molecule has 0 aliphatic rings. The summed E-state index contributed by atoms with van der Waals surface area (Å²) in [5.41, 5.74) is 6.44. The number of unbranched alkanes of at least 4 members (excludes halogenated alkanes) is 1. The minimum Gasteiger partial charge on any atom is -0.492 e. The second-order valence-electron chi connectivity index (χ2n) is 4.32. The normalized spacial score (nSPS) is 10.3. The number of methoxy groups -OCH3 is 1. The van der Waals surface area contributed by atoms with Gasteiger partial charge in [-0.1, -0.05) is 13.3 Å². The number of amides is 1. The molecule has 1 heterocycles. The third kappa shape index (κ3) is 3.53. The zero-order chi connectivity index (χ0) is 14.4. The molecule has 0 atom stereocenters. The molecule has 6 heteroatoms. The molecule has 0 radical (unpaired) electrons. The molecule has 0 spiro atoms. The molecule has 0 bridgehead atoms. The summed E-state index contributed by atoms with van der Waals surface area (Å²) in [6, 6.07) is 0. The molecule has 19 heavy (non-hydrogen) atoms. The molecule has 0 saturated heterocycles. The zero-order valence-electron chi connectivity index (χ0n) is 12.1. The molecule has 1 aromatic rings. The van der Waals surface area contributed by atoms with Crippen molar-refractivity contribution in [2.24, 2.45) is 0 Å². The molecule has 0 fully saturated rings. The van der Waals surface area contributed by atoms with Crippen molar-refractivity contribution >= 4 is 27.9 Å². The van der Waals surface area contributed by atoms with Crippen LogP contribution in [0, 0.1) is 0 Å². The molecule has 0 unspecified atom stereocenters. The number of nitrogens with two attached hydrogens (primary N) is 1. The lowest BCUT2D eigenvalue weighted by atomic mass is 10.3. The van der Waals surface area contributed by atoms with Gasteiger partial charge in [0.1, 0.15) is 15.6 Å². The number of hydrogen-bond acceptors (Lipinski definition) is 5. The average Bonchev–Trinajstić information content (AvgIpc) is 2.73. The predicted octanol–water partition coefficient (Wildman–Crippen LogP) is 2.32. The van der Waals surface area contributed by atoms with Crippen LogP contribution in [0.15, 0.2) is 0 Å². The summed E-state index contributed by atoms with van der Waals surface area (Å²) in [6.07, 6.45) is 2.21. The van der Waals surface area contributed by atoms with E-state index < -0.39 is 0 Å². The van der Waals surface area contributed by atoms with Crippen molar-refractivity contribution in [3.63, 3.8) is 0 Å². The van der Waals surface area contributed by atoms with E-state index in [2.05, 4.69) is 17.1 Å². The first kappa shape index (κ1) is 15.6. The lowest BCUT2D eigenvalue weighted by Gasteiger charge is -2.18. The number of ether oxygens (including phenoxy) is 1. The lowest BCUT2D eigenvalue weighted by molar-refractivity contribution is 0.0960. The van der Waals surface area contributed by atoms with Gasteiger partial charge in [0.05, 0.1) is 7.11 Å². The van der Waals surface area contributed by atoms with Crippen molar-refractivity contribution < 1.29 is 9.53 Å². The highest BCUT2D eigenvalue weighted by Gasteiger charge is 2.23. The molecular formula is C13H23N3O2S. The molecular weight excluding hydrogens is 262 g/mol. The first-order chi connectivity index (χ1) is 9.06. The fourth-order valence-electron chi connectivity index (χ4n) is 1.77. The molecule has 0 saturated carbocycles. The quantitative estimate of drug-likeness (QED) is 0.807. The van der Waals surface area contributed by atoms with Crippen molar-refractivity contribution in [2.45, 2.75) is 26.7 Å². The summed E-state index contributed by atoms with van der Waals surface area (Å²) in [4.78, 5) is 14.5. The van der Waals surface area contributed by atoms with Gasteiger partial charge in [0.15, 0.2) is 5.75 Å². The van der Waals surface area contributed by atoms with Gasteiger partial charge in [-0.3, -0.25) is 4.79 Å². The monoisotopic (exact) mass is 285 g/mol. The highest BCUT2D eigenvalue weighted by atomic mass is 32.1. The van der Waals surface area contributed by atoms with Gasteiger partial charge in [0.2, 0.25) is 0 Å². The molecule has 1 aromatic heterocycles. The Hall–Kier alpha value is -1.43. The largest absolute Gasteiger partial charge is 0.492 e. The Bertz CT molecular complexity index is 432. The van der Waals surface area contributed by atoms with E-state index in [1.54, 1.807) is 7.11 Å². The number of rotatable bonds is 7. The fraction of sp³-hybridized carbons (Fsp3) is 0.615. The number of carbonyl (C=O) groups is 1. The van der Waals surface area contributed by atoms with Gasteiger partial charge in [-0.05, 0) is 13.3 Å². The summed E-state index contributed by atoms with van der Waals surface area (Å²) < 4.78 is 5.35. The van der Waals surface area contributed by atoms with Gasteiger partial charge in [0.25, 0.3) is 5.91 Å². The Kier molecular flexibility index (Phi) is 5.95. The van der Waals surface area contributed by atoms with Crippen LogP contribution in [0.5, 0.6) is 5.75 Å². The maximum atomic E-state index is 11.9. The topological polar surface area (TPSA) is 67.6 Å². The van der Waals surface area contributed by atoms with E-state index in [9.17, 15) is 4.79 Å². The lowest BCUT2D eigenvalue weighted by Crippen LogP contribution is -2.22. The van der Waals surface area contributed by atoms with Gasteiger partial charge in [-0.15, -0.1) is 11.3 Å². The van der Waals surface area contributed by atoms with Gasteiger partial charge in [0, 0.05) is 20.1 Å². The van der Waals surface area contributed by atoms with E-state index in [1.165, 1.54) is 11.3 Å². The fourth-order valence-corrected chi connectivity index (χ4v) is 2.87. The van der Waals surface area contributed by atoms with E-state index in [4.69, 9.17) is 10.5 Å². The molecule has 5 nitrogen and oxygen atoms in total. The van der Waals surface area contributed by atoms with Crippen LogP contribution in [0.4, 0.5) is 10.7 Å². The third-order valence-corrected chi connectivity index (χ3v) is 4.12. The molecule has 1 amide bonds. The Balaban J connectivity index is 3.04. The van der Waals surface area contributed by atoms with Gasteiger partial charge < -0.3 is 20.7 Å². The number of hydrogen-bond donors (Lipinski definition) is 2. The van der Waals surface area contributed by atoms with Gasteiger partial charge in [-0.25, -0.2) is 0 Å². The van der Waals surface area contributed by atoms with Crippen LogP contribution in [0.25, 0.3) is 0 Å². The minimum absolute atomic E-state index is 0.140. The summed E-state index contributed by atoms with van der Waals surface area (Å²) in [6.45, 7) is 5.53. The first-order valence-electron chi connectivity index (χ1n) is 6.52. The van der Waals surface area contributed by atoms with Crippen LogP contribution in [-0.2, 0) is 0 Å². The van der Waals surface area contributed by atoms with Crippen LogP contribution in [0.2, 0.25) is 0 Å². The Morgan fingerprint density at radius 2 is 2.16 bits per heavy atom. The number of nitrogens with zero attached hydrogens (tertiary/aromatic N) is 1. The Morgan fingerprint density at radius 3 is 2.68 bits per heavy atom. The van der Waals surface area contributed by atoms with E-state index >= 15 is 0 Å². The van der Waals surface area contributed by atoms with Crippen LogP contribution >= 0.6 is 11.3 Å². The zero-order valence-corrected chi connectivity index (χ0v) is 12.9. The van der Waals surface area contributed by atoms with E-state index in [0.717, 1.165) is 24.4 Å². The Labute approximate surface area is 118 Å². The van der Waals surface area contributed by atoms with Crippen LogP contribution in [-0.4, -0.2) is 33.2 Å². The molecule has 0 aliphatic heterocycles. The summed E-state index contributed by atoms with van der Waals surface area (Å²) in [5, 5.41) is 3.68. The summed E-state index contributed by atoms with van der Waals surface area (Å²) >= 11 is 1.38. The maximum Gasteiger partial charge on any atom is 0.263 e. The average molecular weight is 285 g/mol. The van der Waals surface area contributed by atoms with Crippen LogP contribution < -0.4 is 20.7 Å². The van der Waals surface area contributed by atoms with Crippen LogP contribution in [0.1, 0.15) is 36.4 Å². The highest BCUT2D eigenvalue weighted by Crippen LogP contribution is 2.44. The van der Waals surface area contributed by atoms with Crippen molar-refractivity contribution in [3.8, 4) is 5.75 Å². The van der Waals surface area contributed by atoms with Gasteiger partial charge >= 0.3 is 0 Å². The SMILES string of the molecule is CCCCN(C)c1sc(C(=O)NCC)c(N)c1OC. The van der Waals surface area contributed by atoms with Crippen molar-refractivity contribution in [1.82, 2.24) is 5.32 Å². The van der Waals surface area contributed by atoms with Crippen molar-refractivity contribution in [3.05, 3.63) is 4.88 Å². The molecule has 0 aliphatic carbocycles. The van der Waals surface area contributed by atoms with E-state index in [-0.39, 0.29) is 5.91 Å². The number of nitrogens with one attached hydrogen (secondary N) is 1. The van der Waals surface area contributed by atoms with Crippen LogP contribution in [0.3, 0.4) is 0 Å².